The zero-order chi connectivity index (χ0) is 17.1. The molecule has 2 aromatic carbocycles. The summed E-state index contributed by atoms with van der Waals surface area (Å²) in [5.41, 5.74) is 5.80. The average Bonchev–Trinajstić information content (AvgIpc) is 3.31. The highest BCUT2D eigenvalue weighted by atomic mass is 32.1. The predicted molar refractivity (Wildman–Crippen MR) is 97.9 cm³/mol. The largest absolute Gasteiger partial charge is 0.493 e. The van der Waals surface area contributed by atoms with Gasteiger partial charge in [0.1, 0.15) is 0 Å². The van der Waals surface area contributed by atoms with E-state index in [1.807, 2.05) is 47.8 Å². The van der Waals surface area contributed by atoms with Crippen molar-refractivity contribution in [3.05, 3.63) is 53.4 Å². The number of hydrogen-bond acceptors (Lipinski definition) is 7. The van der Waals surface area contributed by atoms with Crippen LogP contribution in [0.5, 0.6) is 17.2 Å². The topological polar surface area (TPSA) is 65.0 Å². The van der Waals surface area contributed by atoms with Crippen molar-refractivity contribution < 1.29 is 14.2 Å². The molecule has 3 aromatic rings. The Balaban J connectivity index is 1.48. The number of thiazole rings is 1. The lowest BCUT2D eigenvalue weighted by Gasteiger charge is -2.05. The molecule has 4 rings (SSSR count). The normalized spacial score (nSPS) is 12.5. The van der Waals surface area contributed by atoms with Crippen LogP contribution in [0.15, 0.2) is 52.9 Å². The highest BCUT2D eigenvalue weighted by Crippen LogP contribution is 2.41. The first-order chi connectivity index (χ1) is 12.3. The molecular formula is C18H15N3O3S. The Bertz CT molecular complexity index is 909. The Kier molecular flexibility index (Phi) is 4.22. The molecule has 0 spiro atoms. The third-order valence-corrected chi connectivity index (χ3v) is 4.38. The minimum atomic E-state index is 0.200. The fraction of sp³-hybridized carbons (Fsp3) is 0.111. The number of rotatable bonds is 5. The molecular weight excluding hydrogens is 338 g/mol. The van der Waals surface area contributed by atoms with Crippen molar-refractivity contribution in [2.45, 2.75) is 0 Å². The number of aromatic nitrogens is 1. The molecule has 0 saturated carbocycles. The summed E-state index contributed by atoms with van der Waals surface area (Å²) in [6.45, 7) is 0.200. The fourth-order valence-electron chi connectivity index (χ4n) is 2.45. The first kappa shape index (κ1) is 15.5. The van der Waals surface area contributed by atoms with E-state index in [1.54, 1.807) is 13.3 Å². The number of nitrogens with one attached hydrogen (secondary N) is 1. The SMILES string of the molecule is COc1cc(/C=N\Nc2nc(-c3ccccc3)cs2)cc2c1OCO2. The molecule has 126 valence electrons. The van der Waals surface area contributed by atoms with Crippen LogP contribution in [0.25, 0.3) is 11.3 Å². The van der Waals surface area contributed by atoms with E-state index in [9.17, 15) is 0 Å². The van der Waals surface area contributed by atoms with Gasteiger partial charge in [0.25, 0.3) is 0 Å². The van der Waals surface area contributed by atoms with Crippen molar-refractivity contribution >= 4 is 22.7 Å². The van der Waals surface area contributed by atoms with E-state index in [0.29, 0.717) is 17.2 Å². The van der Waals surface area contributed by atoms with Gasteiger partial charge < -0.3 is 14.2 Å². The number of hydrazone groups is 1. The van der Waals surface area contributed by atoms with Crippen LogP contribution < -0.4 is 19.6 Å². The third kappa shape index (κ3) is 3.27. The quantitative estimate of drug-likeness (QED) is 0.555. The van der Waals surface area contributed by atoms with E-state index in [1.165, 1.54) is 11.3 Å². The maximum Gasteiger partial charge on any atom is 0.231 e. The lowest BCUT2D eigenvalue weighted by Crippen LogP contribution is -1.93. The van der Waals surface area contributed by atoms with E-state index in [0.717, 1.165) is 22.0 Å². The molecule has 0 atom stereocenters. The second kappa shape index (κ2) is 6.82. The zero-order valence-electron chi connectivity index (χ0n) is 13.4. The van der Waals surface area contributed by atoms with Crippen molar-refractivity contribution in [3.63, 3.8) is 0 Å². The maximum absolute atomic E-state index is 5.40. The van der Waals surface area contributed by atoms with Gasteiger partial charge in [-0.3, -0.25) is 5.43 Å². The monoisotopic (exact) mass is 353 g/mol. The molecule has 7 heteroatoms. The molecule has 25 heavy (non-hydrogen) atoms. The Labute approximate surface area is 148 Å². The lowest BCUT2D eigenvalue weighted by molar-refractivity contribution is 0.171. The summed E-state index contributed by atoms with van der Waals surface area (Å²) in [6, 6.07) is 13.7. The molecule has 0 unspecified atom stereocenters. The molecule has 1 aliphatic heterocycles. The molecule has 0 bridgehead atoms. The minimum Gasteiger partial charge on any atom is -0.493 e. The van der Waals surface area contributed by atoms with Crippen LogP contribution in [0.4, 0.5) is 5.13 Å². The second-order valence-electron chi connectivity index (χ2n) is 5.23. The maximum atomic E-state index is 5.40. The summed E-state index contributed by atoms with van der Waals surface area (Å²) >= 11 is 1.50. The lowest BCUT2D eigenvalue weighted by atomic mass is 10.2. The van der Waals surface area contributed by atoms with Crippen LogP contribution in [0.1, 0.15) is 5.56 Å². The van der Waals surface area contributed by atoms with Gasteiger partial charge in [-0.25, -0.2) is 4.98 Å². The van der Waals surface area contributed by atoms with Crippen molar-refractivity contribution in [1.29, 1.82) is 0 Å². The summed E-state index contributed by atoms with van der Waals surface area (Å²) in [4.78, 5) is 4.53. The average molecular weight is 353 g/mol. The van der Waals surface area contributed by atoms with Crippen molar-refractivity contribution in [1.82, 2.24) is 4.98 Å². The number of benzene rings is 2. The first-order valence-corrected chi connectivity index (χ1v) is 8.49. The van der Waals surface area contributed by atoms with Crippen LogP contribution in [0.2, 0.25) is 0 Å². The number of fused-ring (bicyclic) bond motifs is 1. The van der Waals surface area contributed by atoms with Gasteiger partial charge in [-0.05, 0) is 12.1 Å². The minimum absolute atomic E-state index is 0.200. The molecule has 0 aliphatic carbocycles. The van der Waals surface area contributed by atoms with Gasteiger partial charge in [-0.1, -0.05) is 30.3 Å². The Hall–Kier alpha value is -3.06. The Morgan fingerprint density at radius 2 is 2.12 bits per heavy atom. The number of nitrogens with zero attached hydrogens (tertiary/aromatic N) is 2. The van der Waals surface area contributed by atoms with E-state index < -0.39 is 0 Å². The molecule has 1 aliphatic rings. The van der Waals surface area contributed by atoms with Gasteiger partial charge in [0.2, 0.25) is 17.7 Å². The van der Waals surface area contributed by atoms with Crippen LogP contribution in [-0.4, -0.2) is 25.1 Å². The molecule has 1 aromatic heterocycles. The summed E-state index contributed by atoms with van der Waals surface area (Å²) < 4.78 is 16.1. The summed E-state index contributed by atoms with van der Waals surface area (Å²) in [7, 11) is 1.59. The predicted octanol–water partition coefficient (Wildman–Crippen LogP) is 3.99. The second-order valence-corrected chi connectivity index (χ2v) is 6.09. The van der Waals surface area contributed by atoms with E-state index in [-0.39, 0.29) is 6.79 Å². The molecule has 2 heterocycles. The van der Waals surface area contributed by atoms with Crippen molar-refractivity contribution in [2.24, 2.45) is 5.10 Å². The number of hydrogen-bond donors (Lipinski definition) is 1. The third-order valence-electron chi connectivity index (χ3n) is 3.63. The number of ether oxygens (including phenoxy) is 3. The Morgan fingerprint density at radius 1 is 1.24 bits per heavy atom. The van der Waals surface area contributed by atoms with Crippen molar-refractivity contribution in [3.8, 4) is 28.5 Å². The van der Waals surface area contributed by atoms with Crippen molar-refractivity contribution in [2.75, 3.05) is 19.3 Å². The molecule has 6 nitrogen and oxygen atoms in total. The van der Waals surface area contributed by atoms with E-state index in [2.05, 4.69) is 15.5 Å². The summed E-state index contributed by atoms with van der Waals surface area (Å²) in [6.07, 6.45) is 1.69. The number of methoxy groups -OCH3 is 1. The zero-order valence-corrected chi connectivity index (χ0v) is 14.2. The first-order valence-electron chi connectivity index (χ1n) is 7.61. The summed E-state index contributed by atoms with van der Waals surface area (Å²) in [5.74, 6) is 1.90. The van der Waals surface area contributed by atoms with Gasteiger partial charge >= 0.3 is 0 Å². The highest BCUT2D eigenvalue weighted by Gasteiger charge is 2.19. The smallest absolute Gasteiger partial charge is 0.231 e. The molecule has 0 fully saturated rings. The van der Waals surface area contributed by atoms with Crippen LogP contribution in [0, 0.1) is 0 Å². The van der Waals surface area contributed by atoms with Gasteiger partial charge in [-0.15, -0.1) is 11.3 Å². The number of anilines is 1. The summed E-state index contributed by atoms with van der Waals surface area (Å²) in [5, 5.41) is 6.96. The van der Waals surface area contributed by atoms with E-state index >= 15 is 0 Å². The van der Waals surface area contributed by atoms with E-state index in [4.69, 9.17) is 14.2 Å². The van der Waals surface area contributed by atoms with Gasteiger partial charge in [0.05, 0.1) is 19.0 Å². The molecule has 0 saturated heterocycles. The molecule has 0 amide bonds. The molecule has 0 radical (unpaired) electrons. The molecule has 1 N–H and O–H groups in total. The standard InChI is InChI=1S/C18H15N3O3S/c1-22-15-7-12(8-16-17(15)24-11-23-16)9-19-21-18-20-14(10-25-18)13-5-3-2-4-6-13/h2-10H,11H2,1H3,(H,20,21)/b19-9-. The van der Waals surface area contributed by atoms with Crippen LogP contribution >= 0.6 is 11.3 Å². The Morgan fingerprint density at radius 3 is 2.96 bits per heavy atom. The van der Waals surface area contributed by atoms with Gasteiger partial charge in [-0.2, -0.15) is 5.10 Å². The fourth-order valence-corrected chi connectivity index (χ4v) is 3.12. The van der Waals surface area contributed by atoms with Crippen LogP contribution in [0.3, 0.4) is 0 Å². The van der Waals surface area contributed by atoms with Gasteiger partial charge in [0.15, 0.2) is 11.5 Å². The van der Waals surface area contributed by atoms with Crippen LogP contribution in [-0.2, 0) is 0 Å². The highest BCUT2D eigenvalue weighted by molar-refractivity contribution is 7.14. The van der Waals surface area contributed by atoms with Gasteiger partial charge in [0, 0.05) is 16.5 Å².